The Kier molecular flexibility index (Phi) is 3.80. The molecule has 0 unspecified atom stereocenters. The molecule has 0 radical (unpaired) electrons. The standard InChI is InChI=1S/C14H7Cl2FN2OS/c15-8-6-9(16)10(17)5-7(8)13(20)19-14-18-11-3-1-2-4-12(11)21-14/h1-6H,(H,18,19,20). The molecule has 2 aromatic carbocycles. The number of hydrogen-bond donors (Lipinski definition) is 1. The first kappa shape index (κ1) is 14.3. The largest absolute Gasteiger partial charge is 0.298 e. The fourth-order valence-corrected chi connectivity index (χ4v) is 3.12. The van der Waals surface area contributed by atoms with Crippen molar-refractivity contribution in [3.63, 3.8) is 0 Å². The van der Waals surface area contributed by atoms with Gasteiger partial charge in [0.2, 0.25) is 0 Å². The number of carbonyl (C=O) groups is 1. The van der Waals surface area contributed by atoms with Gasteiger partial charge in [0.15, 0.2) is 5.13 Å². The lowest BCUT2D eigenvalue weighted by molar-refractivity contribution is 0.102. The zero-order valence-corrected chi connectivity index (χ0v) is 12.7. The van der Waals surface area contributed by atoms with E-state index >= 15 is 0 Å². The van der Waals surface area contributed by atoms with Gasteiger partial charge in [-0.3, -0.25) is 10.1 Å². The van der Waals surface area contributed by atoms with Gasteiger partial charge in [-0.25, -0.2) is 9.37 Å². The second-order valence-corrected chi connectivity index (χ2v) is 6.03. The van der Waals surface area contributed by atoms with Crippen molar-refractivity contribution in [3.05, 3.63) is 57.8 Å². The number of carbonyl (C=O) groups excluding carboxylic acids is 1. The first-order valence-electron chi connectivity index (χ1n) is 5.86. The number of rotatable bonds is 2. The molecule has 0 fully saturated rings. The van der Waals surface area contributed by atoms with Gasteiger partial charge in [0.05, 0.1) is 25.8 Å². The van der Waals surface area contributed by atoms with Gasteiger partial charge in [0, 0.05) is 0 Å². The average Bonchev–Trinajstić information content (AvgIpc) is 2.84. The molecule has 106 valence electrons. The van der Waals surface area contributed by atoms with E-state index in [4.69, 9.17) is 23.2 Å². The quantitative estimate of drug-likeness (QED) is 0.667. The predicted octanol–water partition coefficient (Wildman–Crippen LogP) is 4.99. The van der Waals surface area contributed by atoms with Crippen LogP contribution in [0.4, 0.5) is 9.52 Å². The van der Waals surface area contributed by atoms with Crippen LogP contribution in [-0.2, 0) is 0 Å². The number of nitrogens with one attached hydrogen (secondary N) is 1. The molecule has 0 aliphatic rings. The van der Waals surface area contributed by atoms with Crippen LogP contribution in [0.15, 0.2) is 36.4 Å². The number of amides is 1. The molecule has 0 aliphatic carbocycles. The highest BCUT2D eigenvalue weighted by Crippen LogP contribution is 2.28. The van der Waals surface area contributed by atoms with Gasteiger partial charge in [-0.05, 0) is 24.3 Å². The summed E-state index contributed by atoms with van der Waals surface area (Å²) in [5.41, 5.74) is 0.795. The van der Waals surface area contributed by atoms with Crippen molar-refractivity contribution in [3.8, 4) is 0 Å². The van der Waals surface area contributed by atoms with Gasteiger partial charge in [-0.1, -0.05) is 46.7 Å². The van der Waals surface area contributed by atoms with Crippen molar-refractivity contribution in [1.29, 1.82) is 0 Å². The van der Waals surface area contributed by atoms with Gasteiger partial charge >= 0.3 is 0 Å². The highest BCUT2D eigenvalue weighted by molar-refractivity contribution is 7.22. The summed E-state index contributed by atoms with van der Waals surface area (Å²) < 4.78 is 14.4. The molecule has 0 aliphatic heterocycles. The zero-order valence-electron chi connectivity index (χ0n) is 10.4. The molecule has 1 N–H and O–H groups in total. The Labute approximate surface area is 133 Å². The van der Waals surface area contributed by atoms with Crippen LogP contribution in [0.3, 0.4) is 0 Å². The number of fused-ring (bicyclic) bond motifs is 1. The molecule has 7 heteroatoms. The monoisotopic (exact) mass is 340 g/mol. The summed E-state index contributed by atoms with van der Waals surface area (Å²) in [6, 6.07) is 9.70. The Morgan fingerprint density at radius 2 is 1.95 bits per heavy atom. The molecular formula is C14H7Cl2FN2OS. The Morgan fingerprint density at radius 3 is 2.71 bits per heavy atom. The van der Waals surface area contributed by atoms with E-state index in [9.17, 15) is 9.18 Å². The zero-order chi connectivity index (χ0) is 15.0. The second-order valence-electron chi connectivity index (χ2n) is 4.19. The van der Waals surface area contributed by atoms with Crippen molar-refractivity contribution >= 4 is 55.8 Å². The molecule has 3 rings (SSSR count). The highest BCUT2D eigenvalue weighted by Gasteiger charge is 2.16. The normalized spacial score (nSPS) is 10.8. The predicted molar refractivity (Wildman–Crippen MR) is 84.0 cm³/mol. The van der Waals surface area contributed by atoms with Crippen LogP contribution < -0.4 is 5.32 Å². The van der Waals surface area contributed by atoms with Crippen molar-refractivity contribution in [1.82, 2.24) is 4.98 Å². The third-order valence-corrected chi connectivity index (χ3v) is 4.32. The summed E-state index contributed by atoms with van der Waals surface area (Å²) in [5, 5.41) is 2.99. The van der Waals surface area contributed by atoms with Gasteiger partial charge < -0.3 is 0 Å². The molecule has 1 aromatic heterocycles. The lowest BCUT2D eigenvalue weighted by Gasteiger charge is -2.05. The van der Waals surface area contributed by atoms with Crippen LogP contribution in [0.2, 0.25) is 10.0 Å². The van der Waals surface area contributed by atoms with E-state index in [2.05, 4.69) is 10.3 Å². The van der Waals surface area contributed by atoms with Gasteiger partial charge in [0.1, 0.15) is 5.82 Å². The van der Waals surface area contributed by atoms with Gasteiger partial charge in [0.25, 0.3) is 5.91 Å². The molecule has 1 amide bonds. The van der Waals surface area contributed by atoms with Crippen molar-refractivity contribution in [2.24, 2.45) is 0 Å². The first-order chi connectivity index (χ1) is 10.0. The summed E-state index contributed by atoms with van der Waals surface area (Å²) in [5.74, 6) is -1.23. The Hall–Kier alpha value is -1.69. The van der Waals surface area contributed by atoms with E-state index in [-0.39, 0.29) is 15.6 Å². The molecule has 0 saturated heterocycles. The molecule has 3 nitrogen and oxygen atoms in total. The summed E-state index contributed by atoms with van der Waals surface area (Å²) >= 11 is 12.8. The molecule has 0 saturated carbocycles. The summed E-state index contributed by atoms with van der Waals surface area (Å²) in [7, 11) is 0. The minimum atomic E-state index is -0.699. The molecule has 0 atom stereocenters. The minimum Gasteiger partial charge on any atom is -0.298 e. The molecule has 0 bridgehead atoms. The maximum Gasteiger partial charge on any atom is 0.259 e. The van der Waals surface area contributed by atoms with Gasteiger partial charge in [-0.2, -0.15) is 0 Å². The maximum atomic E-state index is 13.4. The van der Waals surface area contributed by atoms with Crippen LogP contribution >= 0.6 is 34.5 Å². The molecule has 21 heavy (non-hydrogen) atoms. The lowest BCUT2D eigenvalue weighted by atomic mass is 10.2. The lowest BCUT2D eigenvalue weighted by Crippen LogP contribution is -2.12. The summed E-state index contributed by atoms with van der Waals surface area (Å²) in [6.07, 6.45) is 0. The maximum absolute atomic E-state index is 13.4. The highest BCUT2D eigenvalue weighted by atomic mass is 35.5. The number of thiazole rings is 1. The van der Waals surface area contributed by atoms with E-state index in [0.29, 0.717) is 5.13 Å². The van der Waals surface area contributed by atoms with Crippen LogP contribution in [-0.4, -0.2) is 10.9 Å². The molecule has 0 spiro atoms. The first-order valence-corrected chi connectivity index (χ1v) is 7.43. The number of hydrogen-bond acceptors (Lipinski definition) is 3. The van der Waals surface area contributed by atoms with Crippen molar-refractivity contribution in [2.45, 2.75) is 0 Å². The Balaban J connectivity index is 1.91. The van der Waals surface area contributed by atoms with Crippen molar-refractivity contribution < 1.29 is 9.18 Å². The van der Waals surface area contributed by atoms with Crippen LogP contribution in [0.25, 0.3) is 10.2 Å². The minimum absolute atomic E-state index is 0.0119. The van der Waals surface area contributed by atoms with Gasteiger partial charge in [-0.15, -0.1) is 0 Å². The third-order valence-electron chi connectivity index (χ3n) is 2.77. The Bertz CT molecular complexity index is 817. The molecular weight excluding hydrogens is 334 g/mol. The van der Waals surface area contributed by atoms with Crippen LogP contribution in [0.5, 0.6) is 0 Å². The average molecular weight is 341 g/mol. The molecule has 1 heterocycles. The summed E-state index contributed by atoms with van der Waals surface area (Å²) in [4.78, 5) is 16.4. The van der Waals surface area contributed by atoms with E-state index in [1.54, 1.807) is 0 Å². The number of aromatic nitrogens is 1. The topological polar surface area (TPSA) is 42.0 Å². The number of para-hydroxylation sites is 1. The number of halogens is 3. The summed E-state index contributed by atoms with van der Waals surface area (Å²) in [6.45, 7) is 0. The fraction of sp³-hybridized carbons (Fsp3) is 0. The number of nitrogens with zero attached hydrogens (tertiary/aromatic N) is 1. The van der Waals surface area contributed by atoms with E-state index in [1.165, 1.54) is 17.4 Å². The number of benzene rings is 2. The Morgan fingerprint density at radius 1 is 1.19 bits per heavy atom. The fourth-order valence-electron chi connectivity index (χ4n) is 1.79. The van der Waals surface area contributed by atoms with E-state index < -0.39 is 11.7 Å². The third kappa shape index (κ3) is 2.85. The van der Waals surface area contributed by atoms with Crippen LogP contribution in [0, 0.1) is 5.82 Å². The van der Waals surface area contributed by atoms with E-state index in [0.717, 1.165) is 16.3 Å². The second kappa shape index (κ2) is 5.60. The van der Waals surface area contributed by atoms with E-state index in [1.807, 2.05) is 24.3 Å². The smallest absolute Gasteiger partial charge is 0.259 e. The SMILES string of the molecule is O=C(Nc1nc2ccccc2s1)c1cc(F)c(Cl)cc1Cl. The van der Waals surface area contributed by atoms with Crippen LogP contribution in [0.1, 0.15) is 10.4 Å². The number of anilines is 1. The molecule has 3 aromatic rings. The van der Waals surface area contributed by atoms with Crippen molar-refractivity contribution in [2.75, 3.05) is 5.32 Å².